The van der Waals surface area contributed by atoms with Gasteiger partial charge in [0, 0.05) is 42.6 Å². The van der Waals surface area contributed by atoms with E-state index in [1.54, 1.807) is 0 Å². The minimum atomic E-state index is -0.0825. The zero-order valence-corrected chi connectivity index (χ0v) is 28.3. The van der Waals surface area contributed by atoms with Crippen molar-refractivity contribution in [2.45, 2.75) is 19.3 Å². The molecule has 1 aliphatic carbocycles. The maximum Gasteiger partial charge on any atom is 0.0468 e. The summed E-state index contributed by atoms with van der Waals surface area (Å²) in [4.78, 5) is 2.43. The van der Waals surface area contributed by atoms with Crippen LogP contribution in [0.2, 0.25) is 0 Å². The van der Waals surface area contributed by atoms with E-state index < -0.39 is 0 Å². The molecule has 0 aliphatic heterocycles. The van der Waals surface area contributed by atoms with Crippen molar-refractivity contribution in [1.29, 1.82) is 0 Å². The Hall–Kier alpha value is -5.70. The van der Waals surface area contributed by atoms with Gasteiger partial charge >= 0.3 is 0 Å². The predicted molar refractivity (Wildman–Crippen MR) is 212 cm³/mol. The van der Waals surface area contributed by atoms with Gasteiger partial charge in [-0.05, 0) is 103 Å². The average Bonchev–Trinajstić information content (AvgIpc) is 3.64. The minimum absolute atomic E-state index is 0.0825. The topological polar surface area (TPSA) is 3.24 Å². The number of hydrogen-bond donors (Lipinski definition) is 0. The summed E-state index contributed by atoms with van der Waals surface area (Å²) >= 11 is 1.88. The largest absolute Gasteiger partial charge is 0.310 e. The molecule has 0 saturated carbocycles. The second-order valence-electron chi connectivity index (χ2n) is 13.8. The molecule has 1 heterocycles. The van der Waals surface area contributed by atoms with Gasteiger partial charge in [0.25, 0.3) is 0 Å². The summed E-state index contributed by atoms with van der Waals surface area (Å²) in [6.07, 6.45) is 0. The average molecular weight is 644 g/mol. The molecule has 0 N–H and O–H groups in total. The Labute approximate surface area is 290 Å². The first-order valence-electron chi connectivity index (χ1n) is 17.0. The lowest BCUT2D eigenvalue weighted by atomic mass is 9.82. The molecule has 2 heteroatoms. The van der Waals surface area contributed by atoms with Gasteiger partial charge in [-0.15, -0.1) is 11.3 Å². The quantitative estimate of drug-likeness (QED) is 0.184. The highest BCUT2D eigenvalue weighted by atomic mass is 32.1. The third-order valence-electron chi connectivity index (χ3n) is 10.7. The van der Waals surface area contributed by atoms with E-state index in [4.69, 9.17) is 0 Å². The molecule has 0 bridgehead atoms. The van der Waals surface area contributed by atoms with Crippen LogP contribution in [0.5, 0.6) is 0 Å². The summed E-state index contributed by atoms with van der Waals surface area (Å²) in [5.74, 6) is 0. The predicted octanol–water partition coefficient (Wildman–Crippen LogP) is 13.8. The Morgan fingerprint density at radius 1 is 0.429 bits per heavy atom. The molecule has 49 heavy (non-hydrogen) atoms. The lowest BCUT2D eigenvalue weighted by Crippen LogP contribution is -2.16. The lowest BCUT2D eigenvalue weighted by molar-refractivity contribution is 0.660. The van der Waals surface area contributed by atoms with Crippen LogP contribution in [0, 0.1) is 0 Å². The van der Waals surface area contributed by atoms with Crippen molar-refractivity contribution in [3.63, 3.8) is 0 Å². The molecule has 0 amide bonds. The lowest BCUT2D eigenvalue weighted by Gasteiger charge is -2.28. The number of nitrogens with zero attached hydrogens (tertiary/aromatic N) is 1. The standard InChI is InChI=1S/C47H33NS/c1-47(2)42-16-7-5-13-39(42)40-26-24-35(29-43(40)47)48(33-21-18-31(19-22-33)37-15-9-11-30-10-3-4-12-36(30)37)34-23-25-38-32(28-34)20-27-45-46(38)41-14-6-8-17-44(41)49-45/h3-29H,1-2H3. The first kappa shape index (κ1) is 28.3. The summed E-state index contributed by atoms with van der Waals surface area (Å²) < 4.78 is 2.67. The van der Waals surface area contributed by atoms with Crippen LogP contribution in [0.3, 0.4) is 0 Å². The van der Waals surface area contributed by atoms with Crippen molar-refractivity contribution in [3.05, 3.63) is 175 Å². The summed E-state index contributed by atoms with van der Waals surface area (Å²) in [5, 5.41) is 7.78. The smallest absolute Gasteiger partial charge is 0.0468 e. The van der Waals surface area contributed by atoms with E-state index in [0.717, 1.165) is 11.4 Å². The highest BCUT2D eigenvalue weighted by molar-refractivity contribution is 7.26. The number of anilines is 3. The van der Waals surface area contributed by atoms with Crippen molar-refractivity contribution >= 4 is 70.1 Å². The number of rotatable bonds is 4. The van der Waals surface area contributed by atoms with Crippen molar-refractivity contribution in [2.75, 3.05) is 4.90 Å². The van der Waals surface area contributed by atoms with Crippen LogP contribution in [0.4, 0.5) is 17.1 Å². The number of benzene rings is 8. The molecule has 0 saturated heterocycles. The fourth-order valence-electron chi connectivity index (χ4n) is 8.23. The zero-order valence-electron chi connectivity index (χ0n) is 27.4. The van der Waals surface area contributed by atoms with E-state index in [2.05, 4.69) is 183 Å². The highest BCUT2D eigenvalue weighted by Crippen LogP contribution is 2.51. The molecular formula is C47H33NS. The van der Waals surface area contributed by atoms with Gasteiger partial charge in [-0.1, -0.05) is 129 Å². The molecule has 0 radical (unpaired) electrons. The minimum Gasteiger partial charge on any atom is -0.310 e. The first-order chi connectivity index (χ1) is 24.0. The monoisotopic (exact) mass is 643 g/mol. The summed E-state index contributed by atoms with van der Waals surface area (Å²) in [5.41, 5.74) is 11.3. The van der Waals surface area contributed by atoms with Crippen LogP contribution in [0.25, 0.3) is 64.0 Å². The van der Waals surface area contributed by atoms with Gasteiger partial charge in [0.05, 0.1) is 0 Å². The molecule has 1 aromatic heterocycles. The number of fused-ring (bicyclic) bond motifs is 9. The maximum absolute atomic E-state index is 2.43. The molecular weight excluding hydrogens is 611 g/mol. The third kappa shape index (κ3) is 4.31. The van der Waals surface area contributed by atoms with Crippen LogP contribution in [-0.4, -0.2) is 0 Å². The second kappa shape index (κ2) is 10.7. The zero-order chi connectivity index (χ0) is 32.7. The second-order valence-corrected chi connectivity index (χ2v) is 14.8. The van der Waals surface area contributed by atoms with E-state index in [0.29, 0.717) is 0 Å². The van der Waals surface area contributed by atoms with Crippen molar-refractivity contribution < 1.29 is 0 Å². The van der Waals surface area contributed by atoms with E-state index in [9.17, 15) is 0 Å². The van der Waals surface area contributed by atoms with Crippen molar-refractivity contribution in [1.82, 2.24) is 0 Å². The Balaban J connectivity index is 1.15. The summed E-state index contributed by atoms with van der Waals surface area (Å²) in [6.45, 7) is 4.72. The van der Waals surface area contributed by atoms with E-state index in [1.165, 1.54) is 80.8 Å². The van der Waals surface area contributed by atoms with E-state index in [-0.39, 0.29) is 5.41 Å². The fraction of sp³-hybridized carbons (Fsp3) is 0.0638. The molecule has 1 nitrogen and oxygen atoms in total. The van der Waals surface area contributed by atoms with Gasteiger partial charge in [0.2, 0.25) is 0 Å². The van der Waals surface area contributed by atoms with Crippen molar-refractivity contribution in [3.8, 4) is 22.3 Å². The molecule has 0 fully saturated rings. The normalized spacial score (nSPS) is 13.3. The SMILES string of the molecule is CC1(C)c2ccccc2-c2ccc(N(c3ccc(-c4cccc5ccccc45)cc3)c3ccc4c(ccc5sc6ccccc6c54)c3)cc21. The van der Waals surface area contributed by atoms with Crippen LogP contribution in [0.1, 0.15) is 25.0 Å². The van der Waals surface area contributed by atoms with Gasteiger partial charge in [0.1, 0.15) is 0 Å². The van der Waals surface area contributed by atoms with Gasteiger partial charge in [-0.3, -0.25) is 0 Å². The Kier molecular flexibility index (Phi) is 6.16. The molecule has 1 aliphatic rings. The number of thiophene rings is 1. The van der Waals surface area contributed by atoms with Gasteiger partial charge in [-0.25, -0.2) is 0 Å². The summed E-state index contributed by atoms with van der Waals surface area (Å²) in [6, 6.07) is 60.7. The fourth-order valence-corrected chi connectivity index (χ4v) is 9.35. The van der Waals surface area contributed by atoms with Crippen molar-refractivity contribution in [2.24, 2.45) is 0 Å². The van der Waals surface area contributed by atoms with Crippen LogP contribution >= 0.6 is 11.3 Å². The highest BCUT2D eigenvalue weighted by Gasteiger charge is 2.35. The van der Waals surface area contributed by atoms with Crippen LogP contribution < -0.4 is 4.90 Å². The van der Waals surface area contributed by atoms with E-state index in [1.807, 2.05) is 11.3 Å². The van der Waals surface area contributed by atoms with Gasteiger partial charge < -0.3 is 4.90 Å². The van der Waals surface area contributed by atoms with E-state index >= 15 is 0 Å². The first-order valence-corrected chi connectivity index (χ1v) is 17.8. The Bertz CT molecular complexity index is 2740. The van der Waals surface area contributed by atoms with Crippen LogP contribution in [-0.2, 0) is 5.41 Å². The molecule has 0 atom stereocenters. The molecule has 9 aromatic rings. The molecule has 10 rings (SSSR count). The number of hydrogen-bond acceptors (Lipinski definition) is 2. The molecule has 232 valence electrons. The summed E-state index contributed by atoms with van der Waals surface area (Å²) in [7, 11) is 0. The molecule has 0 unspecified atom stereocenters. The molecule has 0 spiro atoms. The van der Waals surface area contributed by atoms with Crippen LogP contribution in [0.15, 0.2) is 164 Å². The Morgan fingerprint density at radius 3 is 2.00 bits per heavy atom. The van der Waals surface area contributed by atoms with Gasteiger partial charge in [0.15, 0.2) is 0 Å². The maximum atomic E-state index is 2.43. The van der Waals surface area contributed by atoms with Gasteiger partial charge in [-0.2, -0.15) is 0 Å². The molecule has 8 aromatic carbocycles. The Morgan fingerprint density at radius 2 is 1.10 bits per heavy atom. The third-order valence-corrected chi connectivity index (χ3v) is 11.8.